The molecule has 5 rings (SSSR count). The van der Waals surface area contributed by atoms with Crippen LogP contribution < -0.4 is 14.8 Å². The minimum Gasteiger partial charge on any atom is -0.494 e. The third-order valence-electron chi connectivity index (χ3n) is 6.97. The maximum absolute atomic E-state index is 13.4. The predicted octanol–water partition coefficient (Wildman–Crippen LogP) is 3.19. The van der Waals surface area contributed by atoms with Gasteiger partial charge in [0.25, 0.3) is 11.8 Å². The zero-order valence-electron chi connectivity index (χ0n) is 20.6. The van der Waals surface area contributed by atoms with Gasteiger partial charge in [-0.3, -0.25) is 14.3 Å². The first-order valence-corrected chi connectivity index (χ1v) is 14.2. The van der Waals surface area contributed by atoms with E-state index >= 15 is 0 Å². The smallest absolute Gasteiger partial charge is 0.270 e. The highest BCUT2D eigenvalue weighted by molar-refractivity contribution is 7.91. The van der Waals surface area contributed by atoms with Crippen LogP contribution in [0.15, 0.2) is 42.1 Å². The van der Waals surface area contributed by atoms with Gasteiger partial charge in [-0.2, -0.15) is 5.10 Å². The Labute approximate surface area is 211 Å². The largest absolute Gasteiger partial charge is 0.494 e. The lowest BCUT2D eigenvalue weighted by Crippen LogP contribution is -2.51. The van der Waals surface area contributed by atoms with E-state index in [1.165, 1.54) is 0 Å². The zero-order valence-corrected chi connectivity index (χ0v) is 21.4. The number of ether oxygens (including phenoxy) is 1. The van der Waals surface area contributed by atoms with Crippen molar-refractivity contribution in [3.05, 3.63) is 53.4 Å². The van der Waals surface area contributed by atoms with Crippen LogP contribution in [0.2, 0.25) is 0 Å². The van der Waals surface area contributed by atoms with Gasteiger partial charge in [0.15, 0.2) is 0 Å². The van der Waals surface area contributed by atoms with E-state index in [0.717, 1.165) is 37.0 Å². The Hall–Kier alpha value is -3.14. The van der Waals surface area contributed by atoms with Crippen molar-refractivity contribution < 1.29 is 22.7 Å². The Morgan fingerprint density at radius 1 is 1.19 bits per heavy atom. The van der Waals surface area contributed by atoms with Gasteiger partial charge in [-0.05, 0) is 62.8 Å². The molecule has 192 valence electrons. The summed E-state index contributed by atoms with van der Waals surface area (Å²) in [6.07, 6.45) is 7.26. The van der Waals surface area contributed by atoms with Gasteiger partial charge in [-0.1, -0.05) is 25.5 Å². The van der Waals surface area contributed by atoms with Gasteiger partial charge >= 0.3 is 0 Å². The van der Waals surface area contributed by atoms with E-state index in [1.807, 2.05) is 42.1 Å². The highest BCUT2D eigenvalue weighted by atomic mass is 32.2. The van der Waals surface area contributed by atoms with E-state index in [2.05, 4.69) is 22.1 Å². The summed E-state index contributed by atoms with van der Waals surface area (Å²) in [5.74, 6) is -0.772. The minimum absolute atomic E-state index is 0.197. The Balaban J connectivity index is 1.47. The first-order valence-electron chi connectivity index (χ1n) is 12.6. The number of hydrogen-bond acceptors (Lipinski definition) is 6. The van der Waals surface area contributed by atoms with Gasteiger partial charge in [0.05, 0.1) is 29.1 Å². The highest BCUT2D eigenvalue weighted by Gasteiger charge is 2.43. The molecule has 2 aliphatic carbocycles. The Morgan fingerprint density at radius 3 is 2.56 bits per heavy atom. The van der Waals surface area contributed by atoms with Crippen molar-refractivity contribution in [2.45, 2.75) is 75.6 Å². The molecule has 2 amide bonds. The number of carbonyl (C=O) groups is 2. The normalized spacial score (nSPS) is 22.3. The first-order chi connectivity index (χ1) is 17.2. The van der Waals surface area contributed by atoms with Crippen molar-refractivity contribution in [1.29, 1.82) is 0 Å². The summed E-state index contributed by atoms with van der Waals surface area (Å²) in [6, 6.07) is 9.68. The molecule has 3 aliphatic rings. The van der Waals surface area contributed by atoms with Crippen molar-refractivity contribution in [2.75, 3.05) is 6.61 Å². The molecule has 1 atom stereocenters. The van der Waals surface area contributed by atoms with Crippen LogP contribution in [-0.2, 0) is 25.2 Å². The van der Waals surface area contributed by atoms with Gasteiger partial charge < -0.3 is 10.1 Å². The van der Waals surface area contributed by atoms with Gasteiger partial charge in [-0.15, -0.1) is 0 Å². The SMILES string of the molecule is CCCCOc1ccc(C2(C)CC(c3ccn(C4CC4)n3)=C(C(=O)NS(=O)(=O)C3CC3)C(=O)N2)cc1. The summed E-state index contributed by atoms with van der Waals surface area (Å²) in [7, 11) is -3.81. The molecule has 2 heterocycles. The van der Waals surface area contributed by atoms with Crippen molar-refractivity contribution in [3.8, 4) is 5.75 Å². The van der Waals surface area contributed by atoms with Crippen LogP contribution in [0.5, 0.6) is 5.75 Å². The number of aromatic nitrogens is 2. The van der Waals surface area contributed by atoms with Crippen molar-refractivity contribution >= 4 is 27.4 Å². The molecule has 2 saturated carbocycles. The molecule has 2 fully saturated rings. The van der Waals surface area contributed by atoms with Gasteiger partial charge in [-0.25, -0.2) is 13.1 Å². The van der Waals surface area contributed by atoms with Crippen LogP contribution in [0.25, 0.3) is 5.57 Å². The number of carbonyl (C=O) groups excluding carboxylic acids is 2. The monoisotopic (exact) mass is 512 g/mol. The fourth-order valence-electron chi connectivity index (χ4n) is 4.51. The molecule has 2 aromatic rings. The summed E-state index contributed by atoms with van der Waals surface area (Å²) in [5.41, 5.74) is 0.778. The molecule has 9 nitrogen and oxygen atoms in total. The molecule has 1 aromatic carbocycles. The molecular formula is C26H32N4O5S. The lowest BCUT2D eigenvalue weighted by Gasteiger charge is -2.37. The van der Waals surface area contributed by atoms with Crippen LogP contribution in [-0.4, -0.2) is 41.9 Å². The Kier molecular flexibility index (Phi) is 6.40. The van der Waals surface area contributed by atoms with Gasteiger partial charge in [0.1, 0.15) is 11.3 Å². The molecule has 36 heavy (non-hydrogen) atoms. The van der Waals surface area contributed by atoms with Crippen LogP contribution in [0.4, 0.5) is 0 Å². The maximum Gasteiger partial charge on any atom is 0.270 e. The van der Waals surface area contributed by atoms with E-state index in [9.17, 15) is 18.0 Å². The molecular weight excluding hydrogens is 480 g/mol. The third-order valence-corrected chi connectivity index (χ3v) is 8.79. The maximum atomic E-state index is 13.4. The summed E-state index contributed by atoms with van der Waals surface area (Å²) in [5, 5.41) is 7.03. The second kappa shape index (κ2) is 9.38. The van der Waals surface area contributed by atoms with Crippen molar-refractivity contribution in [3.63, 3.8) is 0 Å². The number of rotatable bonds is 10. The standard InChI is InChI=1S/C26H32N4O5S/c1-3-4-15-35-19-9-5-17(6-10-19)26(2)16-21(22-13-14-30(28-22)18-7-8-18)23(24(31)27-26)25(32)29-36(33,34)20-11-12-20/h5-6,9-10,13-14,18,20H,3-4,7-8,11-12,15-16H2,1-2H3,(H,27,31)(H,29,32). The topological polar surface area (TPSA) is 119 Å². The fourth-order valence-corrected chi connectivity index (χ4v) is 5.79. The average molecular weight is 513 g/mol. The molecule has 1 aliphatic heterocycles. The van der Waals surface area contributed by atoms with E-state index in [4.69, 9.17) is 4.74 Å². The van der Waals surface area contributed by atoms with Crippen LogP contribution in [0, 0.1) is 0 Å². The number of unbranched alkanes of at least 4 members (excludes halogenated alkanes) is 1. The summed E-state index contributed by atoms with van der Waals surface area (Å²) < 4.78 is 34.6. The van der Waals surface area contributed by atoms with E-state index in [1.54, 1.807) is 6.07 Å². The molecule has 0 spiro atoms. The molecule has 10 heteroatoms. The number of hydrogen-bond donors (Lipinski definition) is 2. The summed E-state index contributed by atoms with van der Waals surface area (Å²) >= 11 is 0. The zero-order chi connectivity index (χ0) is 25.5. The van der Waals surface area contributed by atoms with E-state index in [0.29, 0.717) is 36.8 Å². The van der Waals surface area contributed by atoms with Crippen LogP contribution in [0.1, 0.15) is 76.1 Å². The number of nitrogens with zero attached hydrogens (tertiary/aromatic N) is 2. The molecule has 1 aromatic heterocycles. The van der Waals surface area contributed by atoms with Gasteiger partial charge in [0, 0.05) is 18.2 Å². The van der Waals surface area contributed by atoms with Crippen molar-refractivity contribution in [1.82, 2.24) is 19.8 Å². The quantitative estimate of drug-likeness (QED) is 0.373. The second-order valence-electron chi connectivity index (χ2n) is 10.1. The second-order valence-corrected chi connectivity index (χ2v) is 12.1. The van der Waals surface area contributed by atoms with Crippen molar-refractivity contribution in [2.24, 2.45) is 0 Å². The summed E-state index contributed by atoms with van der Waals surface area (Å²) in [6.45, 7) is 4.64. The van der Waals surface area contributed by atoms with Crippen LogP contribution in [0.3, 0.4) is 0 Å². The number of amides is 2. The molecule has 0 saturated heterocycles. The number of benzene rings is 1. The molecule has 0 bridgehead atoms. The average Bonchev–Trinajstić information content (AvgIpc) is 3.77. The van der Waals surface area contributed by atoms with E-state index < -0.39 is 32.6 Å². The van der Waals surface area contributed by atoms with E-state index in [-0.39, 0.29) is 12.0 Å². The Bertz CT molecular complexity index is 1310. The first kappa shape index (κ1) is 24.5. The molecule has 1 unspecified atom stereocenters. The summed E-state index contributed by atoms with van der Waals surface area (Å²) in [4.78, 5) is 26.5. The predicted molar refractivity (Wildman–Crippen MR) is 134 cm³/mol. The fraction of sp³-hybridized carbons (Fsp3) is 0.500. The molecule has 2 N–H and O–H groups in total. The number of sulfonamides is 1. The Morgan fingerprint density at radius 2 is 1.92 bits per heavy atom. The van der Waals surface area contributed by atoms with Gasteiger partial charge in [0.2, 0.25) is 10.0 Å². The third kappa shape index (κ3) is 5.04. The lowest BCUT2D eigenvalue weighted by molar-refractivity contribution is -0.124. The molecule has 0 radical (unpaired) electrons. The van der Waals surface area contributed by atoms with Crippen LogP contribution >= 0.6 is 0 Å². The highest BCUT2D eigenvalue weighted by Crippen LogP contribution is 2.40. The number of nitrogens with one attached hydrogen (secondary N) is 2. The lowest BCUT2D eigenvalue weighted by atomic mass is 9.79. The minimum atomic E-state index is -3.81.